The number of benzene rings is 1. The monoisotopic (exact) mass is 262 g/mol. The van der Waals surface area contributed by atoms with Crippen molar-refractivity contribution in [2.45, 2.75) is 6.92 Å². The Bertz CT molecular complexity index is 662. The van der Waals surface area contributed by atoms with Gasteiger partial charge in [0.05, 0.1) is 6.54 Å². The summed E-state index contributed by atoms with van der Waals surface area (Å²) in [5.41, 5.74) is -0.0740. The second-order valence-electron chi connectivity index (χ2n) is 3.95. The van der Waals surface area contributed by atoms with Gasteiger partial charge in [0.25, 0.3) is 5.56 Å². The van der Waals surface area contributed by atoms with Gasteiger partial charge in [-0.3, -0.25) is 9.78 Å². The highest BCUT2D eigenvalue weighted by molar-refractivity contribution is 5.29. The van der Waals surface area contributed by atoms with Crippen molar-refractivity contribution in [3.05, 3.63) is 50.7 Å². The second-order valence-corrected chi connectivity index (χ2v) is 3.95. The summed E-state index contributed by atoms with van der Waals surface area (Å²) in [5.74, 6) is 0.831. The maximum Gasteiger partial charge on any atom is 0.342 e. The minimum absolute atomic E-state index is 0.0624. The van der Waals surface area contributed by atoms with Crippen molar-refractivity contribution in [3.8, 4) is 5.75 Å². The smallest absolute Gasteiger partial charge is 0.342 e. The highest BCUT2D eigenvalue weighted by Crippen LogP contribution is 2.11. The van der Waals surface area contributed by atoms with E-state index in [2.05, 4.69) is 20.5 Å². The van der Waals surface area contributed by atoms with Gasteiger partial charge in [0.2, 0.25) is 5.82 Å². The van der Waals surface area contributed by atoms with E-state index in [1.165, 1.54) is 0 Å². The Balaban J connectivity index is 1.84. The standard InChI is InChI=1S/C12H14N4O3/c1-8-3-2-4-9(7-8)19-6-5-13-10-11(17)14-12(18)16-15-10/h2-4,7H,5-6H2,1H3,(H,13,15)(H2,14,16,17,18). The quantitative estimate of drug-likeness (QED) is 0.671. The molecule has 1 aromatic heterocycles. The Kier molecular flexibility index (Phi) is 3.97. The number of aromatic amines is 2. The van der Waals surface area contributed by atoms with E-state index in [9.17, 15) is 9.59 Å². The molecule has 0 aliphatic heterocycles. The molecule has 0 aliphatic rings. The first-order valence-electron chi connectivity index (χ1n) is 5.77. The van der Waals surface area contributed by atoms with E-state index in [0.717, 1.165) is 11.3 Å². The molecule has 100 valence electrons. The lowest BCUT2D eigenvalue weighted by Gasteiger charge is -2.07. The SMILES string of the molecule is Cc1cccc(OCCNc2n[nH]c(=O)[nH]c2=O)c1. The lowest BCUT2D eigenvalue weighted by Crippen LogP contribution is -2.28. The summed E-state index contributed by atoms with van der Waals surface area (Å²) in [6.45, 7) is 2.76. The summed E-state index contributed by atoms with van der Waals surface area (Å²) in [7, 11) is 0. The minimum Gasteiger partial charge on any atom is -0.492 e. The molecule has 0 bridgehead atoms. The van der Waals surface area contributed by atoms with Crippen LogP contribution in [0.2, 0.25) is 0 Å². The maximum atomic E-state index is 11.3. The van der Waals surface area contributed by atoms with Gasteiger partial charge in [-0.05, 0) is 24.6 Å². The van der Waals surface area contributed by atoms with E-state index in [1.807, 2.05) is 31.2 Å². The van der Waals surface area contributed by atoms with Crippen LogP contribution in [-0.4, -0.2) is 28.3 Å². The van der Waals surface area contributed by atoms with Crippen LogP contribution >= 0.6 is 0 Å². The molecule has 0 spiro atoms. The molecule has 0 saturated carbocycles. The molecule has 0 unspecified atom stereocenters. The number of nitrogens with one attached hydrogen (secondary N) is 3. The average molecular weight is 262 g/mol. The van der Waals surface area contributed by atoms with Crippen LogP contribution in [0.1, 0.15) is 5.56 Å². The van der Waals surface area contributed by atoms with Crippen molar-refractivity contribution in [1.29, 1.82) is 0 Å². The van der Waals surface area contributed by atoms with Gasteiger partial charge in [-0.15, -0.1) is 5.10 Å². The number of anilines is 1. The Morgan fingerprint density at radius 1 is 1.37 bits per heavy atom. The Morgan fingerprint density at radius 3 is 2.95 bits per heavy atom. The van der Waals surface area contributed by atoms with Crippen LogP contribution in [0.15, 0.2) is 33.9 Å². The van der Waals surface area contributed by atoms with Gasteiger partial charge in [-0.1, -0.05) is 12.1 Å². The summed E-state index contributed by atoms with van der Waals surface area (Å²) < 4.78 is 5.50. The first-order valence-corrected chi connectivity index (χ1v) is 5.77. The lowest BCUT2D eigenvalue weighted by atomic mass is 10.2. The third-order valence-electron chi connectivity index (χ3n) is 2.36. The van der Waals surface area contributed by atoms with Crippen molar-refractivity contribution < 1.29 is 4.74 Å². The predicted molar refractivity (Wildman–Crippen MR) is 70.6 cm³/mol. The Morgan fingerprint density at radius 2 is 2.21 bits per heavy atom. The van der Waals surface area contributed by atoms with Crippen LogP contribution in [-0.2, 0) is 0 Å². The average Bonchev–Trinajstić information content (AvgIpc) is 2.37. The van der Waals surface area contributed by atoms with Crippen molar-refractivity contribution in [2.75, 3.05) is 18.5 Å². The maximum absolute atomic E-state index is 11.3. The zero-order chi connectivity index (χ0) is 13.7. The largest absolute Gasteiger partial charge is 0.492 e. The molecule has 0 saturated heterocycles. The van der Waals surface area contributed by atoms with Gasteiger partial charge >= 0.3 is 5.69 Å². The van der Waals surface area contributed by atoms with E-state index < -0.39 is 11.2 Å². The molecule has 2 rings (SSSR count). The van der Waals surface area contributed by atoms with Gasteiger partial charge in [-0.2, -0.15) is 0 Å². The first-order chi connectivity index (χ1) is 9.15. The van der Waals surface area contributed by atoms with Gasteiger partial charge < -0.3 is 10.1 Å². The Labute approximate surface area is 108 Å². The van der Waals surface area contributed by atoms with Crippen LogP contribution in [0.4, 0.5) is 5.82 Å². The molecule has 7 heteroatoms. The molecule has 1 aromatic carbocycles. The molecule has 3 N–H and O–H groups in total. The van der Waals surface area contributed by atoms with Gasteiger partial charge in [0.15, 0.2) is 0 Å². The van der Waals surface area contributed by atoms with Crippen LogP contribution in [0, 0.1) is 6.92 Å². The number of hydrogen-bond acceptors (Lipinski definition) is 5. The van der Waals surface area contributed by atoms with Crippen molar-refractivity contribution in [2.24, 2.45) is 0 Å². The predicted octanol–water partition coefficient (Wildman–Crippen LogP) is 0.258. The van der Waals surface area contributed by atoms with E-state index >= 15 is 0 Å². The fourth-order valence-electron chi connectivity index (χ4n) is 1.51. The van der Waals surface area contributed by atoms with E-state index in [0.29, 0.717) is 13.2 Å². The molecule has 7 nitrogen and oxygen atoms in total. The molecular formula is C12H14N4O3. The topological polar surface area (TPSA) is 99.9 Å². The van der Waals surface area contributed by atoms with Gasteiger partial charge in [0.1, 0.15) is 12.4 Å². The number of H-pyrrole nitrogens is 2. The zero-order valence-electron chi connectivity index (χ0n) is 10.4. The molecule has 19 heavy (non-hydrogen) atoms. The van der Waals surface area contributed by atoms with E-state index in [1.54, 1.807) is 0 Å². The van der Waals surface area contributed by atoms with E-state index in [-0.39, 0.29) is 5.82 Å². The van der Waals surface area contributed by atoms with Crippen LogP contribution < -0.4 is 21.3 Å². The molecule has 1 heterocycles. The fraction of sp³-hybridized carbons (Fsp3) is 0.250. The highest BCUT2D eigenvalue weighted by Gasteiger charge is 2.00. The normalized spacial score (nSPS) is 10.2. The molecule has 0 amide bonds. The molecule has 0 atom stereocenters. The fourth-order valence-corrected chi connectivity index (χ4v) is 1.51. The molecule has 0 fully saturated rings. The van der Waals surface area contributed by atoms with Crippen LogP contribution in [0.3, 0.4) is 0 Å². The van der Waals surface area contributed by atoms with E-state index in [4.69, 9.17) is 4.74 Å². The third kappa shape index (κ3) is 3.70. The van der Waals surface area contributed by atoms with Gasteiger partial charge in [-0.25, -0.2) is 9.89 Å². The minimum atomic E-state index is -0.633. The first kappa shape index (κ1) is 12.9. The number of aromatic nitrogens is 3. The van der Waals surface area contributed by atoms with Gasteiger partial charge in [0, 0.05) is 0 Å². The van der Waals surface area contributed by atoms with Crippen LogP contribution in [0.5, 0.6) is 5.75 Å². The van der Waals surface area contributed by atoms with Crippen molar-refractivity contribution in [3.63, 3.8) is 0 Å². The molecule has 0 aliphatic carbocycles. The number of aryl methyl sites for hydroxylation is 1. The number of ether oxygens (including phenoxy) is 1. The molecule has 0 radical (unpaired) electrons. The molecular weight excluding hydrogens is 248 g/mol. The number of nitrogens with zero attached hydrogens (tertiary/aromatic N) is 1. The molecule has 2 aromatic rings. The summed E-state index contributed by atoms with van der Waals surface area (Å²) in [6.07, 6.45) is 0. The highest BCUT2D eigenvalue weighted by atomic mass is 16.5. The lowest BCUT2D eigenvalue weighted by molar-refractivity contribution is 0.332. The summed E-state index contributed by atoms with van der Waals surface area (Å²) in [5, 5.41) is 8.51. The second kappa shape index (κ2) is 5.85. The van der Waals surface area contributed by atoms with Crippen molar-refractivity contribution in [1.82, 2.24) is 15.2 Å². The Hall–Kier alpha value is -2.57. The summed E-state index contributed by atoms with van der Waals surface area (Å²) >= 11 is 0. The summed E-state index contributed by atoms with van der Waals surface area (Å²) in [4.78, 5) is 24.1. The van der Waals surface area contributed by atoms with Crippen molar-refractivity contribution >= 4 is 5.82 Å². The number of hydrogen-bond donors (Lipinski definition) is 3. The third-order valence-corrected chi connectivity index (χ3v) is 2.36. The summed E-state index contributed by atoms with van der Waals surface area (Å²) in [6, 6.07) is 7.67. The zero-order valence-corrected chi connectivity index (χ0v) is 10.4. The number of rotatable bonds is 5. The van der Waals surface area contributed by atoms with Crippen LogP contribution in [0.25, 0.3) is 0 Å².